The molecule has 1 fully saturated rings. The van der Waals surface area contributed by atoms with Crippen molar-refractivity contribution in [3.63, 3.8) is 0 Å². The Morgan fingerprint density at radius 2 is 1.88 bits per heavy atom. The van der Waals surface area contributed by atoms with Gasteiger partial charge in [-0.3, -0.25) is 4.79 Å². The van der Waals surface area contributed by atoms with Crippen LogP contribution >= 0.6 is 0 Å². The summed E-state index contributed by atoms with van der Waals surface area (Å²) in [5, 5.41) is 0.765. The molecule has 0 atom stereocenters. The highest BCUT2D eigenvalue weighted by Gasteiger charge is 2.43. The van der Waals surface area contributed by atoms with Gasteiger partial charge >= 0.3 is 0 Å². The van der Waals surface area contributed by atoms with E-state index in [2.05, 4.69) is 11.1 Å². The highest BCUT2D eigenvalue weighted by molar-refractivity contribution is 5.97. The molecule has 6 heteroatoms. The molecule has 1 saturated heterocycles. The van der Waals surface area contributed by atoms with Gasteiger partial charge < -0.3 is 14.1 Å². The molecule has 2 aliphatic heterocycles. The summed E-state index contributed by atoms with van der Waals surface area (Å²) in [6.45, 7) is 1.98. The van der Waals surface area contributed by atoms with E-state index in [9.17, 15) is 9.18 Å². The van der Waals surface area contributed by atoms with Gasteiger partial charge in [0.25, 0.3) is 5.91 Å². The number of halogens is 1. The van der Waals surface area contributed by atoms with Crippen LogP contribution in [0.4, 0.5) is 4.39 Å². The number of fused-ring (bicyclic) bond motifs is 3. The summed E-state index contributed by atoms with van der Waals surface area (Å²) < 4.78 is 25.8. The molecule has 160 valence electrons. The predicted molar refractivity (Wildman–Crippen MR) is 118 cm³/mol. The predicted octanol–water partition coefficient (Wildman–Crippen LogP) is 5.20. The molecule has 0 unspecified atom stereocenters. The Morgan fingerprint density at radius 3 is 2.72 bits per heavy atom. The van der Waals surface area contributed by atoms with Crippen LogP contribution in [0.25, 0.3) is 22.1 Å². The van der Waals surface area contributed by atoms with E-state index in [0.717, 1.165) is 24.0 Å². The monoisotopic (exact) mass is 428 g/mol. The van der Waals surface area contributed by atoms with Crippen molar-refractivity contribution in [2.24, 2.45) is 0 Å². The Morgan fingerprint density at radius 1 is 1.03 bits per heavy atom. The number of hydrogen-bond donors (Lipinski definition) is 0. The van der Waals surface area contributed by atoms with Crippen molar-refractivity contribution in [1.82, 2.24) is 9.88 Å². The number of likely N-dealkylation sites (tertiary alicyclic amines) is 1. The average molecular weight is 428 g/mol. The molecule has 4 heterocycles. The van der Waals surface area contributed by atoms with E-state index in [0.29, 0.717) is 42.2 Å². The number of carbonyl (C=O) groups excluding carboxylic acids is 1. The molecule has 0 N–H and O–H groups in total. The summed E-state index contributed by atoms with van der Waals surface area (Å²) in [6, 6.07) is 18.7. The van der Waals surface area contributed by atoms with Gasteiger partial charge in [-0.2, -0.15) is 4.39 Å². The summed E-state index contributed by atoms with van der Waals surface area (Å²) in [5.74, 6) is 0.636. The number of para-hydroxylation sites is 1. The molecule has 5 nitrogen and oxygen atoms in total. The van der Waals surface area contributed by atoms with Crippen LogP contribution in [-0.4, -0.2) is 35.5 Å². The maximum absolute atomic E-state index is 14.1. The second-order valence-electron chi connectivity index (χ2n) is 8.56. The van der Waals surface area contributed by atoms with Gasteiger partial charge in [-0.1, -0.05) is 24.3 Å². The lowest BCUT2D eigenvalue weighted by molar-refractivity contribution is 0.0618. The Labute approximate surface area is 184 Å². The third kappa shape index (κ3) is 2.98. The van der Waals surface area contributed by atoms with Crippen molar-refractivity contribution in [1.29, 1.82) is 0 Å². The smallest absolute Gasteiger partial charge is 0.289 e. The highest BCUT2D eigenvalue weighted by atomic mass is 19.1. The molecule has 1 amide bonds. The van der Waals surface area contributed by atoms with Gasteiger partial charge in [0.2, 0.25) is 5.95 Å². The number of benzene rings is 2. The molecule has 6 rings (SSSR count). The molecule has 0 bridgehead atoms. The number of ether oxygens (including phenoxy) is 1. The third-order valence-corrected chi connectivity index (χ3v) is 6.77. The van der Waals surface area contributed by atoms with E-state index in [4.69, 9.17) is 9.15 Å². The first-order valence-corrected chi connectivity index (χ1v) is 10.8. The third-order valence-electron chi connectivity index (χ3n) is 6.77. The lowest BCUT2D eigenvalue weighted by Crippen LogP contribution is -2.45. The molecule has 2 aromatic carbocycles. The second-order valence-corrected chi connectivity index (χ2v) is 8.56. The van der Waals surface area contributed by atoms with E-state index in [1.807, 2.05) is 29.2 Å². The zero-order valence-electron chi connectivity index (χ0n) is 17.4. The first-order chi connectivity index (χ1) is 15.6. The lowest BCUT2D eigenvalue weighted by Gasteiger charge is -2.38. The molecule has 0 aliphatic carbocycles. The molecular formula is C26H21FN2O3. The molecule has 1 spiro atoms. The number of carbonyl (C=O) groups is 1. The van der Waals surface area contributed by atoms with Crippen molar-refractivity contribution in [3.05, 3.63) is 84.1 Å². The zero-order chi connectivity index (χ0) is 21.7. The van der Waals surface area contributed by atoms with Crippen LogP contribution in [0.2, 0.25) is 0 Å². The van der Waals surface area contributed by atoms with Gasteiger partial charge in [0.05, 0.1) is 6.61 Å². The number of piperidine rings is 1. The highest BCUT2D eigenvalue weighted by Crippen LogP contribution is 2.45. The van der Waals surface area contributed by atoms with Gasteiger partial charge in [-0.15, -0.1) is 0 Å². The summed E-state index contributed by atoms with van der Waals surface area (Å²) in [5.41, 5.74) is 2.97. The average Bonchev–Trinajstić information content (AvgIpc) is 3.41. The van der Waals surface area contributed by atoms with Crippen LogP contribution in [0.15, 0.2) is 71.3 Å². The Kier molecular flexibility index (Phi) is 4.28. The number of rotatable bonds is 2. The van der Waals surface area contributed by atoms with Gasteiger partial charge in [-0.05, 0) is 54.8 Å². The van der Waals surface area contributed by atoms with Crippen LogP contribution < -0.4 is 4.74 Å². The maximum atomic E-state index is 14.1. The lowest BCUT2D eigenvalue weighted by atomic mass is 9.74. The van der Waals surface area contributed by atoms with E-state index in [-0.39, 0.29) is 11.3 Å². The van der Waals surface area contributed by atoms with Crippen LogP contribution in [0.1, 0.15) is 29.0 Å². The topological polar surface area (TPSA) is 55.6 Å². The minimum absolute atomic E-state index is 0.00998. The molecule has 2 aromatic heterocycles. The fourth-order valence-corrected chi connectivity index (χ4v) is 4.95. The standard InChI is InChI=1S/C26H21FN2O3/c27-24-19(4-3-11-28-24)17-7-8-21-18(14-17)15-23(32-21)25(30)29-12-9-26(10-13-29)16-31-22-6-2-1-5-20(22)26/h1-8,11,14-15H,9-10,12-13,16H2. The van der Waals surface area contributed by atoms with Crippen molar-refractivity contribution in [2.75, 3.05) is 19.7 Å². The number of amides is 1. The van der Waals surface area contributed by atoms with Crippen LogP contribution in [-0.2, 0) is 5.41 Å². The van der Waals surface area contributed by atoms with E-state index >= 15 is 0 Å². The molecule has 32 heavy (non-hydrogen) atoms. The van der Waals surface area contributed by atoms with E-state index in [1.54, 1.807) is 30.3 Å². The van der Waals surface area contributed by atoms with Crippen molar-refractivity contribution < 1.29 is 18.3 Å². The van der Waals surface area contributed by atoms with Crippen LogP contribution in [0, 0.1) is 5.95 Å². The number of furan rings is 1. The molecular weight excluding hydrogens is 407 g/mol. The summed E-state index contributed by atoms with van der Waals surface area (Å²) in [4.78, 5) is 18.7. The summed E-state index contributed by atoms with van der Waals surface area (Å²) in [6.07, 6.45) is 3.14. The van der Waals surface area contributed by atoms with Gasteiger partial charge in [-0.25, -0.2) is 4.98 Å². The zero-order valence-corrected chi connectivity index (χ0v) is 17.4. The fraction of sp³-hybridized carbons (Fsp3) is 0.231. The Hall–Kier alpha value is -3.67. The van der Waals surface area contributed by atoms with Crippen molar-refractivity contribution in [2.45, 2.75) is 18.3 Å². The van der Waals surface area contributed by atoms with E-state index in [1.165, 1.54) is 11.8 Å². The first-order valence-electron chi connectivity index (χ1n) is 10.8. The normalized spacial score (nSPS) is 16.8. The summed E-state index contributed by atoms with van der Waals surface area (Å²) in [7, 11) is 0. The minimum atomic E-state index is -0.522. The largest absolute Gasteiger partial charge is 0.492 e. The van der Waals surface area contributed by atoms with Gasteiger partial charge in [0.1, 0.15) is 11.3 Å². The van der Waals surface area contributed by atoms with E-state index < -0.39 is 5.95 Å². The molecule has 4 aromatic rings. The van der Waals surface area contributed by atoms with Crippen LogP contribution in [0.3, 0.4) is 0 Å². The molecule has 0 saturated carbocycles. The SMILES string of the molecule is O=C(c1cc2cc(-c3cccnc3F)ccc2o1)N1CCC2(CC1)COc1ccccc12. The Balaban J connectivity index is 1.23. The fourth-order valence-electron chi connectivity index (χ4n) is 4.95. The van der Waals surface area contributed by atoms with Crippen molar-refractivity contribution in [3.8, 4) is 16.9 Å². The number of aromatic nitrogens is 1. The van der Waals surface area contributed by atoms with Gasteiger partial charge in [0.15, 0.2) is 5.76 Å². The maximum Gasteiger partial charge on any atom is 0.289 e. The molecule has 0 radical (unpaired) electrons. The minimum Gasteiger partial charge on any atom is -0.492 e. The number of nitrogens with zero attached hydrogens (tertiary/aromatic N) is 2. The molecule has 2 aliphatic rings. The number of hydrogen-bond acceptors (Lipinski definition) is 4. The Bertz CT molecular complexity index is 1340. The first kappa shape index (κ1) is 19.0. The summed E-state index contributed by atoms with van der Waals surface area (Å²) >= 11 is 0. The quantitative estimate of drug-likeness (QED) is 0.412. The van der Waals surface area contributed by atoms with Gasteiger partial charge in [0, 0.05) is 41.2 Å². The van der Waals surface area contributed by atoms with Crippen molar-refractivity contribution >= 4 is 16.9 Å². The van der Waals surface area contributed by atoms with Crippen LogP contribution in [0.5, 0.6) is 5.75 Å². The number of pyridine rings is 1. The second kappa shape index (κ2) is 7.19.